The summed E-state index contributed by atoms with van der Waals surface area (Å²) >= 11 is 1.24. The topological polar surface area (TPSA) is 109 Å². The minimum absolute atomic E-state index is 0.0540. The molecule has 3 atom stereocenters. The number of imide groups is 1. The van der Waals surface area contributed by atoms with E-state index in [9.17, 15) is 27.6 Å². The molecule has 3 fully saturated rings. The van der Waals surface area contributed by atoms with Gasteiger partial charge in [-0.05, 0) is 61.4 Å². The van der Waals surface area contributed by atoms with Crippen molar-refractivity contribution in [2.45, 2.75) is 46.3 Å². The van der Waals surface area contributed by atoms with Crippen LogP contribution in [-0.4, -0.2) is 57.1 Å². The second-order valence-corrected chi connectivity index (χ2v) is 13.0. The van der Waals surface area contributed by atoms with Gasteiger partial charge in [0.15, 0.2) is 0 Å². The lowest BCUT2D eigenvalue weighted by atomic mass is 9.99. The van der Waals surface area contributed by atoms with E-state index in [1.54, 1.807) is 17.0 Å². The molecule has 1 aliphatic carbocycles. The summed E-state index contributed by atoms with van der Waals surface area (Å²) in [4.78, 5) is 51.5. The molecule has 0 bridgehead atoms. The molecule has 3 aromatic rings. The average Bonchev–Trinajstić information content (AvgIpc) is 3.31. The summed E-state index contributed by atoms with van der Waals surface area (Å²) in [6.45, 7) is 6.87. The van der Waals surface area contributed by atoms with Crippen LogP contribution in [0.3, 0.4) is 0 Å². The van der Waals surface area contributed by atoms with E-state index in [4.69, 9.17) is 5.73 Å². The van der Waals surface area contributed by atoms with Crippen molar-refractivity contribution >= 4 is 39.3 Å². The summed E-state index contributed by atoms with van der Waals surface area (Å²) in [5, 5.41) is 0. The fourth-order valence-corrected chi connectivity index (χ4v) is 7.61. The number of aromatic nitrogens is 2. The van der Waals surface area contributed by atoms with Crippen molar-refractivity contribution < 1.29 is 27.6 Å². The van der Waals surface area contributed by atoms with Gasteiger partial charge in [-0.2, -0.15) is 13.2 Å². The van der Waals surface area contributed by atoms with Crippen LogP contribution in [0.2, 0.25) is 0 Å². The van der Waals surface area contributed by atoms with Gasteiger partial charge in [0.25, 0.3) is 5.91 Å². The maximum Gasteiger partial charge on any atom is 0.433 e. The standard InChI is InChI=1S/C29H30F3N5O3S/c1-14-10-19(29(30,31)32)35-23(20(14)25(38)36-9-6-15(12-36)4-7-33)17-5-8-34-18-11-16(41-24(17)18)13-37-26(39)21-22(27(37)40)28(21,2)3/h5,8,10-11,15,21-22H,4,6-7,9,12-13,33H2,1-3H3/t15-,21?,22?/m0/s1. The molecule has 0 aromatic carbocycles. The first-order chi connectivity index (χ1) is 19.3. The molecule has 8 nitrogen and oxygen atoms in total. The molecule has 2 N–H and O–H groups in total. The van der Waals surface area contributed by atoms with E-state index in [2.05, 4.69) is 9.97 Å². The third kappa shape index (κ3) is 4.51. The molecule has 6 rings (SSSR count). The van der Waals surface area contributed by atoms with Crippen molar-refractivity contribution in [2.24, 2.45) is 28.9 Å². The first kappa shape index (κ1) is 27.8. The number of rotatable bonds is 6. The lowest BCUT2D eigenvalue weighted by molar-refractivity contribution is -0.144. The SMILES string of the molecule is Cc1cc(C(F)(F)F)nc(-c2ccnc3cc(CN4C(=O)C5C(C4=O)C5(C)C)sc23)c1C(=O)N1CC[C@H](CCN)C1. The number of nitrogens with zero attached hydrogens (tertiary/aromatic N) is 4. The number of aryl methyl sites for hydroxylation is 1. The van der Waals surface area contributed by atoms with E-state index in [-0.39, 0.29) is 64.3 Å². The number of pyridine rings is 2. The highest BCUT2D eigenvalue weighted by Crippen LogP contribution is 2.63. The van der Waals surface area contributed by atoms with Crippen LogP contribution in [0, 0.1) is 30.1 Å². The molecule has 3 aromatic heterocycles. The smallest absolute Gasteiger partial charge is 0.338 e. The Bertz CT molecular complexity index is 1580. The van der Waals surface area contributed by atoms with Crippen molar-refractivity contribution in [2.75, 3.05) is 19.6 Å². The second-order valence-electron chi connectivity index (χ2n) is 11.9. The van der Waals surface area contributed by atoms with Gasteiger partial charge in [-0.3, -0.25) is 24.3 Å². The Hall–Kier alpha value is -3.38. The monoisotopic (exact) mass is 585 g/mol. The zero-order chi connectivity index (χ0) is 29.4. The zero-order valence-electron chi connectivity index (χ0n) is 22.9. The lowest BCUT2D eigenvalue weighted by Gasteiger charge is -2.21. The van der Waals surface area contributed by atoms with E-state index < -0.39 is 11.9 Å². The van der Waals surface area contributed by atoms with Crippen LogP contribution in [0.4, 0.5) is 13.2 Å². The first-order valence-electron chi connectivity index (χ1n) is 13.6. The number of carbonyl (C=O) groups is 3. The molecule has 0 spiro atoms. The lowest BCUT2D eigenvalue weighted by Crippen LogP contribution is -2.35. The van der Waals surface area contributed by atoms with Crippen LogP contribution in [0.25, 0.3) is 21.5 Å². The normalized spacial score (nSPS) is 23.5. The number of thiophene rings is 1. The van der Waals surface area contributed by atoms with Crippen molar-refractivity contribution in [3.63, 3.8) is 0 Å². The molecule has 3 aliphatic rings. The Morgan fingerprint density at radius 1 is 1.20 bits per heavy atom. The predicted octanol–water partition coefficient (Wildman–Crippen LogP) is 4.64. The average molecular weight is 586 g/mol. The number of carbonyl (C=O) groups excluding carboxylic acids is 3. The zero-order valence-corrected chi connectivity index (χ0v) is 23.7. The summed E-state index contributed by atoms with van der Waals surface area (Å²) in [7, 11) is 0. The maximum absolute atomic E-state index is 13.9. The van der Waals surface area contributed by atoms with E-state index in [0.29, 0.717) is 40.3 Å². The molecular weight excluding hydrogens is 555 g/mol. The van der Waals surface area contributed by atoms with Gasteiger partial charge in [-0.25, -0.2) is 4.98 Å². The molecule has 5 heterocycles. The highest BCUT2D eigenvalue weighted by atomic mass is 32.1. The number of amides is 3. The number of piperidine rings is 1. The number of halogens is 3. The Kier molecular flexibility index (Phi) is 6.49. The largest absolute Gasteiger partial charge is 0.433 e. The van der Waals surface area contributed by atoms with Crippen molar-refractivity contribution in [1.82, 2.24) is 19.8 Å². The summed E-state index contributed by atoms with van der Waals surface area (Å²) in [5.74, 6) is -1.13. The molecule has 41 heavy (non-hydrogen) atoms. The fourth-order valence-electron chi connectivity index (χ4n) is 6.50. The highest BCUT2D eigenvalue weighted by Gasteiger charge is 2.72. The number of hydrogen-bond acceptors (Lipinski definition) is 7. The molecule has 2 saturated heterocycles. The summed E-state index contributed by atoms with van der Waals surface area (Å²) in [5.41, 5.74) is 5.39. The van der Waals surface area contributed by atoms with Crippen LogP contribution in [-0.2, 0) is 22.3 Å². The Morgan fingerprint density at radius 2 is 1.90 bits per heavy atom. The van der Waals surface area contributed by atoms with E-state index in [0.717, 1.165) is 18.9 Å². The van der Waals surface area contributed by atoms with Gasteiger partial charge >= 0.3 is 6.18 Å². The van der Waals surface area contributed by atoms with Crippen LogP contribution in [0.1, 0.15) is 53.2 Å². The van der Waals surface area contributed by atoms with Crippen molar-refractivity contribution in [3.05, 3.63) is 46.1 Å². The number of hydrogen-bond donors (Lipinski definition) is 1. The van der Waals surface area contributed by atoms with Gasteiger partial charge in [0.2, 0.25) is 11.8 Å². The number of likely N-dealkylation sites (tertiary alicyclic amines) is 2. The van der Waals surface area contributed by atoms with E-state index in [1.807, 2.05) is 13.8 Å². The molecule has 12 heteroatoms. The van der Waals surface area contributed by atoms with Gasteiger partial charge in [-0.1, -0.05) is 13.8 Å². The van der Waals surface area contributed by atoms with Crippen molar-refractivity contribution in [1.29, 1.82) is 0 Å². The Balaban J connectivity index is 1.40. The minimum Gasteiger partial charge on any atom is -0.338 e. The molecule has 1 saturated carbocycles. The number of alkyl halides is 3. The summed E-state index contributed by atoms with van der Waals surface area (Å²) in [6, 6.07) is 4.21. The van der Waals surface area contributed by atoms with Gasteiger partial charge in [-0.15, -0.1) is 11.3 Å². The van der Waals surface area contributed by atoms with Crippen LogP contribution >= 0.6 is 11.3 Å². The van der Waals surface area contributed by atoms with Gasteiger partial charge in [0.05, 0.1) is 39.9 Å². The van der Waals surface area contributed by atoms with Crippen LogP contribution < -0.4 is 5.73 Å². The van der Waals surface area contributed by atoms with Crippen LogP contribution in [0.5, 0.6) is 0 Å². The Labute approximate surface area is 238 Å². The van der Waals surface area contributed by atoms with Gasteiger partial charge in [0.1, 0.15) is 5.69 Å². The highest BCUT2D eigenvalue weighted by molar-refractivity contribution is 7.19. The summed E-state index contributed by atoms with van der Waals surface area (Å²) in [6.07, 6.45) is -1.69. The molecule has 2 unspecified atom stereocenters. The van der Waals surface area contributed by atoms with Gasteiger partial charge < -0.3 is 10.6 Å². The molecule has 2 aliphatic heterocycles. The summed E-state index contributed by atoms with van der Waals surface area (Å²) < 4.78 is 42.2. The van der Waals surface area contributed by atoms with Gasteiger partial charge in [0, 0.05) is 29.7 Å². The predicted molar refractivity (Wildman–Crippen MR) is 147 cm³/mol. The molecule has 3 amide bonds. The number of fused-ring (bicyclic) bond motifs is 2. The minimum atomic E-state index is -4.71. The van der Waals surface area contributed by atoms with E-state index >= 15 is 0 Å². The maximum atomic E-state index is 13.9. The molecule has 216 valence electrons. The van der Waals surface area contributed by atoms with E-state index in [1.165, 1.54) is 29.4 Å². The second kappa shape index (κ2) is 9.59. The quantitative estimate of drug-likeness (QED) is 0.423. The third-order valence-corrected chi connectivity index (χ3v) is 9.93. The number of nitrogens with two attached hydrogens (primary N) is 1. The van der Waals surface area contributed by atoms with Crippen molar-refractivity contribution in [3.8, 4) is 11.3 Å². The molecule has 0 radical (unpaired) electrons. The van der Waals surface area contributed by atoms with Crippen LogP contribution in [0.15, 0.2) is 24.4 Å². The third-order valence-electron chi connectivity index (χ3n) is 8.79. The molecular formula is C29H30F3N5O3S. The Morgan fingerprint density at radius 3 is 2.56 bits per heavy atom. The fraction of sp³-hybridized carbons (Fsp3) is 0.483. The first-order valence-corrected chi connectivity index (χ1v) is 14.5.